The molecule has 84 valence electrons. The summed E-state index contributed by atoms with van der Waals surface area (Å²) in [6.45, 7) is 4.73. The van der Waals surface area contributed by atoms with Crippen molar-refractivity contribution in [1.82, 2.24) is 4.57 Å². The molecule has 0 saturated heterocycles. The molecule has 0 fully saturated rings. The van der Waals surface area contributed by atoms with Gasteiger partial charge in [-0.25, -0.2) is 9.13 Å². The SMILES string of the molecule is C.CCC(O)Cn1cc[n+](C)c1C.[Cl-]. The van der Waals surface area contributed by atoms with Crippen molar-refractivity contribution in [3.63, 3.8) is 0 Å². The van der Waals surface area contributed by atoms with E-state index in [2.05, 4.69) is 4.57 Å². The molecule has 0 saturated carbocycles. The topological polar surface area (TPSA) is 29.0 Å². The molecule has 1 aromatic heterocycles. The number of imidazole rings is 1. The summed E-state index contributed by atoms with van der Waals surface area (Å²) in [4.78, 5) is 0. The van der Waals surface area contributed by atoms with Crippen LogP contribution in [-0.4, -0.2) is 15.8 Å². The van der Waals surface area contributed by atoms with E-state index in [4.69, 9.17) is 0 Å². The normalized spacial score (nSPS) is 11.4. The minimum absolute atomic E-state index is 0. The van der Waals surface area contributed by atoms with E-state index in [9.17, 15) is 5.11 Å². The molecule has 1 rings (SSSR count). The number of aliphatic hydroxyl groups is 1. The van der Waals surface area contributed by atoms with E-state index in [1.54, 1.807) is 0 Å². The fourth-order valence-corrected chi connectivity index (χ4v) is 1.15. The lowest BCUT2D eigenvalue weighted by Crippen LogP contribution is -3.00. The first-order chi connectivity index (χ1) is 5.65. The van der Waals surface area contributed by atoms with Gasteiger partial charge < -0.3 is 17.5 Å². The largest absolute Gasteiger partial charge is 1.00 e. The van der Waals surface area contributed by atoms with Crippen molar-refractivity contribution >= 4 is 0 Å². The second-order valence-corrected chi connectivity index (χ2v) is 3.17. The van der Waals surface area contributed by atoms with Crippen LogP contribution in [0.2, 0.25) is 0 Å². The minimum atomic E-state index is -0.226. The molecule has 0 aliphatic rings. The van der Waals surface area contributed by atoms with Gasteiger partial charge in [0.1, 0.15) is 18.9 Å². The minimum Gasteiger partial charge on any atom is -1.00 e. The third-order valence-corrected chi connectivity index (χ3v) is 2.28. The molecule has 14 heavy (non-hydrogen) atoms. The van der Waals surface area contributed by atoms with Gasteiger partial charge in [0.05, 0.1) is 13.2 Å². The summed E-state index contributed by atoms with van der Waals surface area (Å²) in [5.74, 6) is 1.17. The van der Waals surface area contributed by atoms with Crippen molar-refractivity contribution < 1.29 is 22.1 Å². The second-order valence-electron chi connectivity index (χ2n) is 3.17. The molecule has 3 nitrogen and oxygen atoms in total. The van der Waals surface area contributed by atoms with Crippen LogP contribution in [0.15, 0.2) is 12.4 Å². The summed E-state index contributed by atoms with van der Waals surface area (Å²) < 4.78 is 4.11. The fraction of sp³-hybridized carbons (Fsp3) is 0.700. The molecule has 0 bridgehead atoms. The van der Waals surface area contributed by atoms with Gasteiger partial charge in [0, 0.05) is 6.92 Å². The fourth-order valence-electron chi connectivity index (χ4n) is 1.15. The Morgan fingerprint density at radius 1 is 1.57 bits per heavy atom. The van der Waals surface area contributed by atoms with Crippen molar-refractivity contribution in [2.75, 3.05) is 0 Å². The maximum Gasteiger partial charge on any atom is 0.253 e. The number of hydrogen-bond acceptors (Lipinski definition) is 1. The Balaban J connectivity index is 0. The molecule has 1 heterocycles. The van der Waals surface area contributed by atoms with Crippen LogP contribution in [0.5, 0.6) is 0 Å². The summed E-state index contributed by atoms with van der Waals surface area (Å²) >= 11 is 0. The lowest BCUT2D eigenvalue weighted by molar-refractivity contribution is -0.677. The Hall–Kier alpha value is -0.540. The van der Waals surface area contributed by atoms with Gasteiger partial charge in [-0.05, 0) is 6.42 Å². The first-order valence-corrected chi connectivity index (χ1v) is 4.34. The monoisotopic (exact) mass is 220 g/mol. The summed E-state index contributed by atoms with van der Waals surface area (Å²) in [6, 6.07) is 0. The molecule has 0 aliphatic carbocycles. The van der Waals surface area contributed by atoms with Crippen LogP contribution in [0.25, 0.3) is 0 Å². The van der Waals surface area contributed by atoms with E-state index < -0.39 is 0 Å². The van der Waals surface area contributed by atoms with Gasteiger partial charge in [0.2, 0.25) is 0 Å². The average Bonchev–Trinajstić information content (AvgIpc) is 2.36. The first-order valence-electron chi connectivity index (χ1n) is 4.34. The van der Waals surface area contributed by atoms with Gasteiger partial charge in [-0.1, -0.05) is 14.4 Å². The molecule has 0 aromatic carbocycles. The number of aliphatic hydroxyl groups excluding tert-OH is 1. The van der Waals surface area contributed by atoms with Gasteiger partial charge >= 0.3 is 0 Å². The van der Waals surface area contributed by atoms with Crippen molar-refractivity contribution in [3.05, 3.63) is 18.2 Å². The number of halogens is 1. The van der Waals surface area contributed by atoms with Crippen LogP contribution in [0.3, 0.4) is 0 Å². The number of rotatable bonds is 3. The Morgan fingerprint density at radius 3 is 2.50 bits per heavy atom. The van der Waals surface area contributed by atoms with Crippen molar-refractivity contribution in [1.29, 1.82) is 0 Å². The molecule has 4 heteroatoms. The van der Waals surface area contributed by atoms with Crippen molar-refractivity contribution in [2.45, 2.75) is 40.3 Å². The van der Waals surface area contributed by atoms with Crippen LogP contribution in [0.4, 0.5) is 0 Å². The summed E-state index contributed by atoms with van der Waals surface area (Å²) in [5.41, 5.74) is 0. The molecule has 1 aromatic rings. The van der Waals surface area contributed by atoms with E-state index in [0.29, 0.717) is 6.54 Å². The van der Waals surface area contributed by atoms with Crippen LogP contribution in [0.1, 0.15) is 26.6 Å². The lowest BCUT2D eigenvalue weighted by atomic mass is 10.3. The first kappa shape index (κ1) is 15.9. The molecule has 1 N–H and O–H groups in total. The average molecular weight is 221 g/mol. The third-order valence-electron chi connectivity index (χ3n) is 2.28. The van der Waals surface area contributed by atoms with Crippen molar-refractivity contribution in [2.24, 2.45) is 7.05 Å². The third kappa shape index (κ3) is 3.68. The Bertz CT molecular complexity index is 261. The highest BCUT2D eigenvalue weighted by molar-refractivity contribution is 4.80. The predicted molar refractivity (Wildman–Crippen MR) is 53.4 cm³/mol. The van der Waals surface area contributed by atoms with Gasteiger partial charge in [0.15, 0.2) is 0 Å². The van der Waals surface area contributed by atoms with E-state index in [0.717, 1.165) is 6.42 Å². The van der Waals surface area contributed by atoms with Gasteiger partial charge in [-0.15, -0.1) is 0 Å². The zero-order valence-corrected chi connectivity index (χ0v) is 9.12. The van der Waals surface area contributed by atoms with E-state index in [1.165, 1.54) is 5.82 Å². The van der Waals surface area contributed by atoms with Crippen LogP contribution >= 0.6 is 0 Å². The number of nitrogens with zero attached hydrogens (tertiary/aromatic N) is 2. The van der Waals surface area contributed by atoms with Crippen LogP contribution in [0, 0.1) is 6.92 Å². The highest BCUT2D eigenvalue weighted by Crippen LogP contribution is 1.98. The summed E-state index contributed by atoms with van der Waals surface area (Å²) in [5, 5.41) is 9.41. The van der Waals surface area contributed by atoms with E-state index in [1.807, 2.05) is 37.9 Å². The zero-order valence-electron chi connectivity index (χ0n) is 8.37. The maximum atomic E-state index is 9.41. The number of aryl methyl sites for hydroxylation is 1. The van der Waals surface area contributed by atoms with Crippen LogP contribution < -0.4 is 17.0 Å². The summed E-state index contributed by atoms with van der Waals surface area (Å²) in [7, 11) is 2.00. The molecular formula is C10H21ClN2O. The number of hydrogen-bond donors (Lipinski definition) is 1. The Morgan fingerprint density at radius 2 is 2.14 bits per heavy atom. The van der Waals surface area contributed by atoms with Gasteiger partial charge in [-0.3, -0.25) is 0 Å². The van der Waals surface area contributed by atoms with Gasteiger partial charge in [-0.2, -0.15) is 0 Å². The highest BCUT2D eigenvalue weighted by atomic mass is 35.5. The Labute approximate surface area is 92.8 Å². The quantitative estimate of drug-likeness (QED) is 0.589. The zero-order chi connectivity index (χ0) is 9.14. The predicted octanol–water partition coefficient (Wildman–Crippen LogP) is -1.97. The van der Waals surface area contributed by atoms with E-state index in [-0.39, 0.29) is 25.9 Å². The van der Waals surface area contributed by atoms with Gasteiger partial charge in [0.25, 0.3) is 5.82 Å². The second kappa shape index (κ2) is 6.85. The molecule has 0 spiro atoms. The molecule has 0 radical (unpaired) electrons. The number of aromatic nitrogens is 2. The smallest absolute Gasteiger partial charge is 0.253 e. The van der Waals surface area contributed by atoms with Crippen molar-refractivity contribution in [3.8, 4) is 0 Å². The molecule has 1 atom stereocenters. The van der Waals surface area contributed by atoms with E-state index >= 15 is 0 Å². The molecule has 0 amide bonds. The molecule has 1 unspecified atom stereocenters. The molecule has 0 aliphatic heterocycles. The lowest BCUT2D eigenvalue weighted by Gasteiger charge is -2.04. The Kier molecular flexibility index (Phi) is 7.78. The molecular weight excluding hydrogens is 200 g/mol. The highest BCUT2D eigenvalue weighted by Gasteiger charge is 2.11. The summed E-state index contributed by atoms with van der Waals surface area (Å²) in [6.07, 6.45) is 4.57. The van der Waals surface area contributed by atoms with Crippen LogP contribution in [-0.2, 0) is 13.6 Å². The maximum absolute atomic E-state index is 9.41. The standard InChI is InChI=1S/C9H17N2O.CH4.ClH/c1-4-9(12)7-11-6-5-10(3)8(11)2;;/h5-6,9,12H,4,7H2,1-3H3;1H4;1H/q+1;;/p-1.